The van der Waals surface area contributed by atoms with E-state index in [-0.39, 0.29) is 0 Å². The van der Waals surface area contributed by atoms with Crippen LogP contribution in [0.4, 0.5) is 0 Å². The van der Waals surface area contributed by atoms with Crippen LogP contribution in [0.15, 0.2) is 0 Å². The maximum atomic E-state index is 7.32. The van der Waals surface area contributed by atoms with E-state index >= 15 is 0 Å². The molecule has 0 aliphatic heterocycles. The molecule has 2 heteroatoms. The van der Waals surface area contributed by atoms with Crippen LogP contribution in [0, 0.1) is 11.3 Å². The van der Waals surface area contributed by atoms with Gasteiger partial charge in [0, 0.05) is 6.92 Å². The zero-order valence-corrected chi connectivity index (χ0v) is 7.28. The fourth-order valence-electron chi connectivity index (χ4n) is 0.479. The van der Waals surface area contributed by atoms with Crippen molar-refractivity contribution in [1.29, 1.82) is 5.26 Å². The van der Waals surface area contributed by atoms with Crippen molar-refractivity contribution in [1.82, 2.24) is 5.32 Å². The van der Waals surface area contributed by atoms with E-state index in [9.17, 15) is 0 Å². The molecule has 0 heterocycles. The normalized spacial score (nSPS) is 7.40. The standard InChI is InChI=1S/C6H15N.C2H3N/c1-3-5-7-6-4-2;1-2-3/h7H,3-6H2,1-2H3;1H3. The Bertz CT molecular complexity index is 69.8. The molecular formula is C8H18N2. The molecule has 0 rings (SSSR count). The molecule has 10 heavy (non-hydrogen) atoms. The van der Waals surface area contributed by atoms with E-state index in [0.717, 1.165) is 0 Å². The average molecular weight is 142 g/mol. The molecule has 0 aromatic rings. The molecule has 0 fully saturated rings. The van der Waals surface area contributed by atoms with E-state index in [1.54, 1.807) is 6.07 Å². The first kappa shape index (κ1) is 12.2. The van der Waals surface area contributed by atoms with Crippen molar-refractivity contribution in [3.05, 3.63) is 0 Å². The molecule has 0 bridgehead atoms. The Labute approximate surface area is 64.2 Å². The van der Waals surface area contributed by atoms with Gasteiger partial charge in [-0.25, -0.2) is 0 Å². The lowest BCUT2D eigenvalue weighted by molar-refractivity contribution is 0.662. The summed E-state index contributed by atoms with van der Waals surface area (Å²) in [5, 5.41) is 10.6. The molecule has 1 N–H and O–H groups in total. The van der Waals surface area contributed by atoms with Gasteiger partial charge in [-0.15, -0.1) is 0 Å². The summed E-state index contributed by atoms with van der Waals surface area (Å²) in [6.07, 6.45) is 2.50. The zero-order valence-electron chi connectivity index (χ0n) is 7.28. The maximum absolute atomic E-state index is 7.32. The fourth-order valence-corrected chi connectivity index (χ4v) is 0.479. The third kappa shape index (κ3) is 26.0. The van der Waals surface area contributed by atoms with Gasteiger partial charge in [-0.2, -0.15) is 5.26 Å². The van der Waals surface area contributed by atoms with Crippen molar-refractivity contribution < 1.29 is 0 Å². The molecule has 2 nitrogen and oxygen atoms in total. The van der Waals surface area contributed by atoms with Gasteiger partial charge in [-0.05, 0) is 25.9 Å². The van der Waals surface area contributed by atoms with Crippen molar-refractivity contribution in [3.63, 3.8) is 0 Å². The van der Waals surface area contributed by atoms with Crippen LogP contribution >= 0.6 is 0 Å². The molecule has 0 spiro atoms. The molecule has 0 aliphatic rings. The Hall–Kier alpha value is -0.550. The van der Waals surface area contributed by atoms with Gasteiger partial charge in [0.05, 0.1) is 6.07 Å². The van der Waals surface area contributed by atoms with Gasteiger partial charge in [0.15, 0.2) is 0 Å². The molecule has 0 saturated carbocycles. The summed E-state index contributed by atoms with van der Waals surface area (Å²) in [7, 11) is 0. The Kier molecular flexibility index (Phi) is 19.2. The summed E-state index contributed by atoms with van der Waals surface area (Å²) in [6.45, 7) is 8.15. The molecule has 0 aromatic heterocycles. The lowest BCUT2D eigenvalue weighted by Gasteiger charge is -1.95. The van der Waals surface area contributed by atoms with Crippen molar-refractivity contribution in [3.8, 4) is 6.07 Å². The molecule has 0 atom stereocenters. The zero-order chi connectivity index (χ0) is 8.24. The largest absolute Gasteiger partial charge is 0.317 e. The highest BCUT2D eigenvalue weighted by atomic mass is 14.8. The Balaban J connectivity index is 0. The SMILES string of the molecule is CC#N.CCCNCCC. The summed E-state index contributed by atoms with van der Waals surface area (Å²) < 4.78 is 0. The van der Waals surface area contributed by atoms with Gasteiger partial charge >= 0.3 is 0 Å². The molecular weight excluding hydrogens is 124 g/mol. The van der Waals surface area contributed by atoms with Gasteiger partial charge in [-0.1, -0.05) is 13.8 Å². The maximum Gasteiger partial charge on any atom is 0.0587 e. The molecule has 0 amide bonds. The Morgan fingerprint density at radius 2 is 1.50 bits per heavy atom. The number of hydrogen-bond acceptors (Lipinski definition) is 2. The number of hydrogen-bond donors (Lipinski definition) is 1. The van der Waals surface area contributed by atoms with Crippen LogP contribution in [0.1, 0.15) is 33.6 Å². The second kappa shape index (κ2) is 15.8. The van der Waals surface area contributed by atoms with Crippen molar-refractivity contribution in [2.75, 3.05) is 13.1 Å². The quantitative estimate of drug-likeness (QED) is 0.609. The molecule has 0 aliphatic carbocycles. The molecule has 60 valence electrons. The minimum atomic E-state index is 1.17. The van der Waals surface area contributed by atoms with E-state index in [0.29, 0.717) is 0 Å². The lowest BCUT2D eigenvalue weighted by atomic mass is 10.4. The van der Waals surface area contributed by atoms with E-state index < -0.39 is 0 Å². The number of nitrogens with one attached hydrogen (secondary N) is 1. The number of rotatable bonds is 4. The summed E-state index contributed by atoms with van der Waals surface area (Å²) in [4.78, 5) is 0. The highest BCUT2D eigenvalue weighted by molar-refractivity contribution is 4.51. The summed E-state index contributed by atoms with van der Waals surface area (Å²) in [5.41, 5.74) is 0. The minimum absolute atomic E-state index is 1.17. The van der Waals surface area contributed by atoms with Crippen molar-refractivity contribution in [2.24, 2.45) is 0 Å². The predicted molar refractivity (Wildman–Crippen MR) is 44.7 cm³/mol. The van der Waals surface area contributed by atoms with Crippen LogP contribution in [0.3, 0.4) is 0 Å². The van der Waals surface area contributed by atoms with Gasteiger partial charge in [0.1, 0.15) is 0 Å². The summed E-state index contributed by atoms with van der Waals surface area (Å²) in [6, 6.07) is 1.75. The Morgan fingerprint density at radius 3 is 1.70 bits per heavy atom. The van der Waals surface area contributed by atoms with Crippen molar-refractivity contribution in [2.45, 2.75) is 33.6 Å². The third-order valence-corrected chi connectivity index (χ3v) is 0.854. The van der Waals surface area contributed by atoms with Gasteiger partial charge in [0.25, 0.3) is 0 Å². The van der Waals surface area contributed by atoms with E-state index in [1.165, 1.54) is 32.9 Å². The monoisotopic (exact) mass is 142 g/mol. The molecule has 0 saturated heterocycles. The van der Waals surface area contributed by atoms with Crippen LogP contribution in [0.5, 0.6) is 0 Å². The van der Waals surface area contributed by atoms with Crippen LogP contribution in [0.25, 0.3) is 0 Å². The lowest BCUT2D eigenvalue weighted by Crippen LogP contribution is -2.14. The molecule has 0 aromatic carbocycles. The van der Waals surface area contributed by atoms with Gasteiger partial charge < -0.3 is 5.32 Å². The van der Waals surface area contributed by atoms with Crippen LogP contribution in [0.2, 0.25) is 0 Å². The second-order valence-electron chi connectivity index (χ2n) is 1.97. The van der Waals surface area contributed by atoms with E-state index in [2.05, 4.69) is 19.2 Å². The van der Waals surface area contributed by atoms with Crippen LogP contribution in [-0.4, -0.2) is 13.1 Å². The predicted octanol–water partition coefficient (Wildman–Crippen LogP) is 1.93. The van der Waals surface area contributed by atoms with Crippen molar-refractivity contribution >= 4 is 0 Å². The highest BCUT2D eigenvalue weighted by Gasteiger charge is 1.76. The third-order valence-electron chi connectivity index (χ3n) is 0.854. The first-order valence-corrected chi connectivity index (χ1v) is 3.84. The van der Waals surface area contributed by atoms with Gasteiger partial charge in [0.2, 0.25) is 0 Å². The average Bonchev–Trinajstić information content (AvgIpc) is 1.91. The fraction of sp³-hybridized carbons (Fsp3) is 0.875. The van der Waals surface area contributed by atoms with E-state index in [4.69, 9.17) is 5.26 Å². The summed E-state index contributed by atoms with van der Waals surface area (Å²) in [5.74, 6) is 0. The first-order chi connectivity index (χ1) is 4.83. The first-order valence-electron chi connectivity index (χ1n) is 3.84. The van der Waals surface area contributed by atoms with Crippen LogP contribution < -0.4 is 5.32 Å². The number of nitriles is 1. The van der Waals surface area contributed by atoms with E-state index in [1.807, 2.05) is 0 Å². The molecule has 0 unspecified atom stereocenters. The highest BCUT2D eigenvalue weighted by Crippen LogP contribution is 1.71. The summed E-state index contributed by atoms with van der Waals surface area (Å²) >= 11 is 0. The minimum Gasteiger partial charge on any atom is -0.317 e. The Morgan fingerprint density at radius 1 is 1.20 bits per heavy atom. The van der Waals surface area contributed by atoms with Crippen LogP contribution in [-0.2, 0) is 0 Å². The second-order valence-corrected chi connectivity index (χ2v) is 1.97. The number of nitrogens with zero attached hydrogens (tertiary/aromatic N) is 1. The molecule has 0 radical (unpaired) electrons. The van der Waals surface area contributed by atoms with Gasteiger partial charge in [-0.3, -0.25) is 0 Å². The smallest absolute Gasteiger partial charge is 0.0587 e. The topological polar surface area (TPSA) is 35.8 Å².